The number of unbranched alkanes of at least 4 members (excludes halogenated alkanes) is 2. The van der Waals surface area contributed by atoms with E-state index in [0.29, 0.717) is 28.4 Å². The summed E-state index contributed by atoms with van der Waals surface area (Å²) >= 11 is 6.03. The molecule has 5 heteroatoms. The van der Waals surface area contributed by atoms with Crippen LogP contribution >= 0.6 is 11.6 Å². The van der Waals surface area contributed by atoms with Crippen molar-refractivity contribution in [2.24, 2.45) is 0 Å². The monoisotopic (exact) mass is 344 g/mol. The molecule has 2 N–H and O–H groups in total. The molecule has 0 fully saturated rings. The molecule has 0 saturated carbocycles. The van der Waals surface area contributed by atoms with Gasteiger partial charge in [0, 0.05) is 17.8 Å². The molecule has 4 nitrogen and oxygen atoms in total. The van der Waals surface area contributed by atoms with Crippen LogP contribution < -0.4 is 10.6 Å². The molecule has 24 heavy (non-hydrogen) atoms. The lowest BCUT2D eigenvalue weighted by atomic mass is 10.2. The largest absolute Gasteiger partial charge is 0.326 e. The van der Waals surface area contributed by atoms with Crippen LogP contribution in [0.3, 0.4) is 0 Å². The summed E-state index contributed by atoms with van der Waals surface area (Å²) in [5.74, 6) is -0.301. The van der Waals surface area contributed by atoms with Crippen molar-refractivity contribution >= 4 is 34.8 Å². The first-order valence-electron chi connectivity index (χ1n) is 8.06. The lowest BCUT2D eigenvalue weighted by Gasteiger charge is -2.09. The third-order valence-corrected chi connectivity index (χ3v) is 3.86. The number of carbonyl (C=O) groups is 2. The summed E-state index contributed by atoms with van der Waals surface area (Å²) in [6.07, 6.45) is 3.51. The molecular weight excluding hydrogens is 324 g/mol. The van der Waals surface area contributed by atoms with E-state index in [1.54, 1.807) is 48.5 Å². The van der Waals surface area contributed by atoms with Gasteiger partial charge in [-0.15, -0.1) is 0 Å². The number of hydrogen-bond acceptors (Lipinski definition) is 2. The molecular formula is C19H21ClN2O2. The number of nitrogens with one attached hydrogen (secondary N) is 2. The highest BCUT2D eigenvalue weighted by Crippen LogP contribution is 2.19. The first-order valence-corrected chi connectivity index (χ1v) is 8.43. The van der Waals surface area contributed by atoms with Crippen LogP contribution in [0.25, 0.3) is 0 Å². The van der Waals surface area contributed by atoms with Crippen LogP contribution in [0.2, 0.25) is 5.02 Å². The predicted octanol–water partition coefficient (Wildman–Crippen LogP) is 5.11. The lowest BCUT2D eigenvalue weighted by Crippen LogP contribution is -2.14. The van der Waals surface area contributed by atoms with E-state index in [0.717, 1.165) is 19.3 Å². The van der Waals surface area contributed by atoms with Gasteiger partial charge in [0.05, 0.1) is 10.6 Å². The van der Waals surface area contributed by atoms with Gasteiger partial charge in [-0.3, -0.25) is 9.59 Å². The van der Waals surface area contributed by atoms with E-state index < -0.39 is 0 Å². The summed E-state index contributed by atoms with van der Waals surface area (Å²) in [4.78, 5) is 24.1. The van der Waals surface area contributed by atoms with Crippen LogP contribution in [0.5, 0.6) is 0 Å². The van der Waals surface area contributed by atoms with Crippen LogP contribution in [0, 0.1) is 0 Å². The summed E-state index contributed by atoms with van der Waals surface area (Å²) in [6.45, 7) is 2.10. The second kappa shape index (κ2) is 9.08. The van der Waals surface area contributed by atoms with Crippen molar-refractivity contribution in [3.05, 3.63) is 59.1 Å². The van der Waals surface area contributed by atoms with Gasteiger partial charge >= 0.3 is 0 Å². The minimum absolute atomic E-state index is 0.0157. The van der Waals surface area contributed by atoms with Crippen molar-refractivity contribution in [2.75, 3.05) is 10.6 Å². The predicted molar refractivity (Wildman–Crippen MR) is 98.6 cm³/mol. The van der Waals surface area contributed by atoms with Gasteiger partial charge < -0.3 is 10.6 Å². The minimum Gasteiger partial charge on any atom is -0.326 e. The van der Waals surface area contributed by atoms with Gasteiger partial charge in [0.25, 0.3) is 5.91 Å². The first kappa shape index (κ1) is 18.0. The Kier molecular flexibility index (Phi) is 6.82. The van der Waals surface area contributed by atoms with E-state index in [1.165, 1.54) is 0 Å². The molecule has 2 aromatic rings. The molecule has 0 aliphatic heterocycles. The van der Waals surface area contributed by atoms with Gasteiger partial charge in [-0.1, -0.05) is 49.6 Å². The highest BCUT2D eigenvalue weighted by Gasteiger charge is 2.10. The van der Waals surface area contributed by atoms with Crippen molar-refractivity contribution < 1.29 is 9.59 Å². The molecule has 2 aromatic carbocycles. The fourth-order valence-corrected chi connectivity index (χ4v) is 2.50. The van der Waals surface area contributed by atoms with E-state index in [9.17, 15) is 9.59 Å². The number of amides is 2. The molecule has 0 unspecified atom stereocenters. The second-order valence-corrected chi connectivity index (χ2v) is 5.93. The summed E-state index contributed by atoms with van der Waals surface area (Å²) in [5, 5.41) is 6.04. The van der Waals surface area contributed by atoms with E-state index in [4.69, 9.17) is 11.6 Å². The molecule has 0 radical (unpaired) electrons. The maximum absolute atomic E-state index is 12.3. The number of rotatable bonds is 7. The molecule has 126 valence electrons. The van der Waals surface area contributed by atoms with Gasteiger partial charge in [0.2, 0.25) is 5.91 Å². The average Bonchev–Trinajstić information content (AvgIpc) is 2.55. The molecule has 0 heterocycles. The standard InChI is InChI=1S/C19H21ClN2O2/c1-2-3-4-12-18(23)21-14-8-7-9-15(13-14)22-19(24)16-10-5-6-11-17(16)20/h5-11,13H,2-4,12H2,1H3,(H,21,23)(H,22,24). The van der Waals surface area contributed by atoms with Crippen molar-refractivity contribution in [3.63, 3.8) is 0 Å². The Morgan fingerprint density at radius 3 is 2.38 bits per heavy atom. The maximum atomic E-state index is 12.3. The summed E-state index contributed by atoms with van der Waals surface area (Å²) < 4.78 is 0. The molecule has 2 rings (SSSR count). The molecule has 0 aliphatic carbocycles. The number of carbonyl (C=O) groups excluding carboxylic acids is 2. The Balaban J connectivity index is 1.99. The van der Waals surface area contributed by atoms with E-state index in [2.05, 4.69) is 17.6 Å². The van der Waals surface area contributed by atoms with Crippen molar-refractivity contribution in [1.82, 2.24) is 0 Å². The zero-order valence-corrected chi connectivity index (χ0v) is 14.4. The van der Waals surface area contributed by atoms with Crippen LogP contribution in [0.1, 0.15) is 43.0 Å². The zero-order chi connectivity index (χ0) is 17.4. The highest BCUT2D eigenvalue weighted by atomic mass is 35.5. The topological polar surface area (TPSA) is 58.2 Å². The maximum Gasteiger partial charge on any atom is 0.257 e. The fourth-order valence-electron chi connectivity index (χ4n) is 2.28. The quantitative estimate of drug-likeness (QED) is 0.685. The molecule has 0 bridgehead atoms. The Morgan fingerprint density at radius 1 is 0.958 bits per heavy atom. The average molecular weight is 345 g/mol. The molecule has 0 aliphatic rings. The summed E-state index contributed by atoms with van der Waals surface area (Å²) in [7, 11) is 0. The molecule has 0 spiro atoms. The van der Waals surface area contributed by atoms with Crippen molar-refractivity contribution in [2.45, 2.75) is 32.6 Å². The molecule has 0 atom stereocenters. The van der Waals surface area contributed by atoms with Gasteiger partial charge in [-0.05, 0) is 36.8 Å². The van der Waals surface area contributed by atoms with E-state index >= 15 is 0 Å². The van der Waals surface area contributed by atoms with Gasteiger partial charge in [0.15, 0.2) is 0 Å². The van der Waals surface area contributed by atoms with Crippen LogP contribution in [-0.2, 0) is 4.79 Å². The Labute approximate surface area is 147 Å². The zero-order valence-electron chi connectivity index (χ0n) is 13.6. The second-order valence-electron chi connectivity index (χ2n) is 5.52. The fraction of sp³-hybridized carbons (Fsp3) is 0.263. The third kappa shape index (κ3) is 5.39. The Hall–Kier alpha value is -2.33. The summed E-state index contributed by atoms with van der Waals surface area (Å²) in [5.41, 5.74) is 1.67. The molecule has 2 amide bonds. The van der Waals surface area contributed by atoms with Gasteiger partial charge in [-0.25, -0.2) is 0 Å². The third-order valence-electron chi connectivity index (χ3n) is 3.53. The number of hydrogen-bond donors (Lipinski definition) is 2. The summed E-state index contributed by atoms with van der Waals surface area (Å²) in [6, 6.07) is 13.9. The SMILES string of the molecule is CCCCCC(=O)Nc1cccc(NC(=O)c2ccccc2Cl)c1. The minimum atomic E-state index is -0.285. The first-order chi connectivity index (χ1) is 11.6. The van der Waals surface area contributed by atoms with Gasteiger partial charge in [-0.2, -0.15) is 0 Å². The van der Waals surface area contributed by atoms with E-state index in [1.807, 2.05) is 0 Å². The Bertz CT molecular complexity index is 716. The molecule has 0 aromatic heterocycles. The highest BCUT2D eigenvalue weighted by molar-refractivity contribution is 6.34. The van der Waals surface area contributed by atoms with Crippen LogP contribution in [0.4, 0.5) is 11.4 Å². The van der Waals surface area contributed by atoms with Crippen LogP contribution in [-0.4, -0.2) is 11.8 Å². The van der Waals surface area contributed by atoms with E-state index in [-0.39, 0.29) is 11.8 Å². The lowest BCUT2D eigenvalue weighted by molar-refractivity contribution is -0.116. The number of halogens is 1. The number of benzene rings is 2. The number of anilines is 2. The molecule has 0 saturated heterocycles. The van der Waals surface area contributed by atoms with Crippen molar-refractivity contribution in [3.8, 4) is 0 Å². The smallest absolute Gasteiger partial charge is 0.257 e. The van der Waals surface area contributed by atoms with Gasteiger partial charge in [0.1, 0.15) is 0 Å². The van der Waals surface area contributed by atoms with Crippen LogP contribution in [0.15, 0.2) is 48.5 Å². The van der Waals surface area contributed by atoms with Crippen molar-refractivity contribution in [1.29, 1.82) is 0 Å². The normalized spacial score (nSPS) is 10.2. The Morgan fingerprint density at radius 2 is 1.67 bits per heavy atom.